The molecule has 0 saturated carbocycles. The van der Waals surface area contributed by atoms with Gasteiger partial charge in [-0.05, 0) is 61.6 Å². The van der Waals surface area contributed by atoms with Gasteiger partial charge in [0.25, 0.3) is 5.91 Å². The Bertz CT molecular complexity index is 1100. The van der Waals surface area contributed by atoms with Gasteiger partial charge in [-0.1, -0.05) is 12.1 Å². The molecular weight excluding hydrogens is 349 g/mol. The normalized spacial score (nSPS) is 12.8. The molecule has 0 spiro atoms. The molecular formula is C21H18FNO4. The number of rotatable bonds is 4. The average molecular weight is 367 g/mol. The predicted octanol–water partition coefficient (Wildman–Crippen LogP) is 3.75. The van der Waals surface area contributed by atoms with E-state index in [0.717, 1.165) is 29.4 Å². The van der Waals surface area contributed by atoms with Crippen LogP contribution in [0.15, 0.2) is 45.6 Å². The van der Waals surface area contributed by atoms with Gasteiger partial charge < -0.3 is 14.5 Å². The third kappa shape index (κ3) is 3.30. The van der Waals surface area contributed by atoms with Crippen molar-refractivity contribution < 1.29 is 18.3 Å². The average Bonchev–Trinajstić information content (AvgIpc) is 3.11. The molecule has 5 nitrogen and oxygen atoms in total. The van der Waals surface area contributed by atoms with Gasteiger partial charge in [0.1, 0.15) is 17.1 Å². The van der Waals surface area contributed by atoms with Crippen molar-refractivity contribution in [2.24, 2.45) is 0 Å². The number of ether oxygens (including phenoxy) is 1. The third-order valence-corrected chi connectivity index (χ3v) is 4.69. The van der Waals surface area contributed by atoms with Crippen LogP contribution in [0.25, 0.3) is 11.0 Å². The van der Waals surface area contributed by atoms with E-state index < -0.39 is 11.7 Å². The minimum absolute atomic E-state index is 0.104. The quantitative estimate of drug-likeness (QED) is 0.713. The highest BCUT2D eigenvalue weighted by atomic mass is 19.1. The number of hydrogen-bond donors (Lipinski definition) is 1. The van der Waals surface area contributed by atoms with Crippen LogP contribution in [-0.4, -0.2) is 12.5 Å². The van der Waals surface area contributed by atoms with Crippen LogP contribution in [0.3, 0.4) is 0 Å². The first-order chi connectivity index (χ1) is 13.0. The number of nitrogens with one attached hydrogen (secondary N) is 1. The van der Waals surface area contributed by atoms with E-state index in [-0.39, 0.29) is 17.9 Å². The number of carbonyl (C=O) groups excluding carboxylic acids is 1. The van der Waals surface area contributed by atoms with Gasteiger partial charge in [-0.25, -0.2) is 9.18 Å². The fraction of sp³-hybridized carbons (Fsp3) is 0.238. The monoisotopic (exact) mass is 367 g/mol. The van der Waals surface area contributed by atoms with Gasteiger partial charge in [-0.15, -0.1) is 0 Å². The molecule has 1 amide bonds. The summed E-state index contributed by atoms with van der Waals surface area (Å²) in [5.41, 5.74) is 2.74. The summed E-state index contributed by atoms with van der Waals surface area (Å²) in [6.07, 6.45) is 2.35. The Kier molecular flexibility index (Phi) is 4.39. The number of aryl methyl sites for hydroxylation is 2. The summed E-state index contributed by atoms with van der Waals surface area (Å²) in [5, 5.41) is 3.23. The largest absolute Gasteiger partial charge is 0.483 e. The number of para-hydroxylation sites is 1. The van der Waals surface area contributed by atoms with E-state index in [2.05, 4.69) is 5.32 Å². The molecule has 27 heavy (non-hydrogen) atoms. The molecule has 1 aromatic heterocycles. The SMILES string of the molecule is Cc1cc(OCC(=O)Nc2ccccc2F)c2c3c(c(=O)oc2c1)CCC3. The van der Waals surface area contributed by atoms with E-state index in [1.807, 2.05) is 13.0 Å². The molecule has 4 rings (SSSR count). The van der Waals surface area contributed by atoms with Crippen molar-refractivity contribution in [3.05, 3.63) is 69.3 Å². The van der Waals surface area contributed by atoms with E-state index in [4.69, 9.17) is 9.15 Å². The first kappa shape index (κ1) is 17.3. The highest BCUT2D eigenvalue weighted by Crippen LogP contribution is 2.35. The van der Waals surface area contributed by atoms with Crippen molar-refractivity contribution in [3.8, 4) is 5.75 Å². The van der Waals surface area contributed by atoms with Gasteiger partial charge in [-0.3, -0.25) is 4.79 Å². The van der Waals surface area contributed by atoms with Crippen LogP contribution in [0.4, 0.5) is 10.1 Å². The van der Waals surface area contributed by atoms with Crippen LogP contribution >= 0.6 is 0 Å². The van der Waals surface area contributed by atoms with Crippen LogP contribution in [0.2, 0.25) is 0 Å². The van der Waals surface area contributed by atoms with Crippen LogP contribution in [0, 0.1) is 12.7 Å². The van der Waals surface area contributed by atoms with E-state index in [9.17, 15) is 14.0 Å². The maximum absolute atomic E-state index is 13.7. The molecule has 0 unspecified atom stereocenters. The summed E-state index contributed by atoms with van der Waals surface area (Å²) in [5.74, 6) is -0.481. The Balaban J connectivity index is 1.62. The van der Waals surface area contributed by atoms with Gasteiger partial charge in [0.2, 0.25) is 0 Å². The van der Waals surface area contributed by atoms with Crippen molar-refractivity contribution in [2.75, 3.05) is 11.9 Å². The van der Waals surface area contributed by atoms with Gasteiger partial charge in [-0.2, -0.15) is 0 Å². The molecule has 1 heterocycles. The number of benzene rings is 2. The molecule has 1 N–H and O–H groups in total. The Labute approximate surface area is 154 Å². The highest BCUT2D eigenvalue weighted by Gasteiger charge is 2.22. The molecule has 0 aliphatic heterocycles. The molecule has 3 aromatic rings. The molecule has 1 aliphatic carbocycles. The zero-order chi connectivity index (χ0) is 19.0. The van der Waals surface area contributed by atoms with Gasteiger partial charge in [0.15, 0.2) is 6.61 Å². The second-order valence-electron chi connectivity index (χ2n) is 6.65. The Morgan fingerprint density at radius 2 is 2.00 bits per heavy atom. The zero-order valence-electron chi connectivity index (χ0n) is 14.8. The molecule has 0 bridgehead atoms. The summed E-state index contributed by atoms with van der Waals surface area (Å²) >= 11 is 0. The van der Waals surface area contributed by atoms with Crippen molar-refractivity contribution in [1.82, 2.24) is 0 Å². The fourth-order valence-corrected chi connectivity index (χ4v) is 3.51. The van der Waals surface area contributed by atoms with E-state index in [0.29, 0.717) is 23.3 Å². The first-order valence-corrected chi connectivity index (χ1v) is 8.79. The molecule has 0 saturated heterocycles. The second-order valence-corrected chi connectivity index (χ2v) is 6.65. The lowest BCUT2D eigenvalue weighted by atomic mass is 10.0. The summed E-state index contributed by atoms with van der Waals surface area (Å²) < 4.78 is 24.9. The summed E-state index contributed by atoms with van der Waals surface area (Å²) in [6.45, 7) is 1.58. The maximum atomic E-state index is 13.7. The van der Waals surface area contributed by atoms with Crippen molar-refractivity contribution in [2.45, 2.75) is 26.2 Å². The van der Waals surface area contributed by atoms with Crippen LogP contribution in [0.5, 0.6) is 5.75 Å². The van der Waals surface area contributed by atoms with E-state index >= 15 is 0 Å². The molecule has 6 heteroatoms. The van der Waals surface area contributed by atoms with Crippen LogP contribution < -0.4 is 15.7 Å². The predicted molar refractivity (Wildman–Crippen MR) is 99.8 cm³/mol. The van der Waals surface area contributed by atoms with Crippen LogP contribution in [-0.2, 0) is 17.6 Å². The number of amides is 1. The van der Waals surface area contributed by atoms with Crippen molar-refractivity contribution in [1.29, 1.82) is 0 Å². The van der Waals surface area contributed by atoms with Crippen LogP contribution in [0.1, 0.15) is 23.1 Å². The summed E-state index contributed by atoms with van der Waals surface area (Å²) in [7, 11) is 0. The summed E-state index contributed by atoms with van der Waals surface area (Å²) in [4.78, 5) is 24.3. The zero-order valence-corrected chi connectivity index (χ0v) is 14.8. The second kappa shape index (κ2) is 6.87. The maximum Gasteiger partial charge on any atom is 0.339 e. The Morgan fingerprint density at radius 1 is 1.22 bits per heavy atom. The summed E-state index contributed by atoms with van der Waals surface area (Å²) in [6, 6.07) is 9.55. The lowest BCUT2D eigenvalue weighted by molar-refractivity contribution is -0.118. The van der Waals surface area contributed by atoms with Gasteiger partial charge in [0.05, 0.1) is 11.1 Å². The number of carbonyl (C=O) groups is 1. The van der Waals surface area contributed by atoms with Crippen molar-refractivity contribution >= 4 is 22.6 Å². The lowest BCUT2D eigenvalue weighted by Gasteiger charge is -2.13. The molecule has 0 atom stereocenters. The number of anilines is 1. The minimum atomic E-state index is -0.508. The van der Waals surface area contributed by atoms with Crippen molar-refractivity contribution in [3.63, 3.8) is 0 Å². The molecule has 0 fully saturated rings. The first-order valence-electron chi connectivity index (χ1n) is 8.79. The molecule has 2 aromatic carbocycles. The standard InChI is InChI=1S/C21H18FNO4/c1-12-9-17(26-11-19(24)23-16-8-3-2-7-15(16)22)20-13-5-4-6-14(13)21(25)27-18(20)10-12/h2-3,7-10H,4-6,11H2,1H3,(H,23,24). The molecule has 1 aliphatic rings. The topological polar surface area (TPSA) is 68.5 Å². The molecule has 0 radical (unpaired) electrons. The number of halogens is 1. The highest BCUT2D eigenvalue weighted by molar-refractivity contribution is 5.93. The smallest absolute Gasteiger partial charge is 0.339 e. The van der Waals surface area contributed by atoms with Gasteiger partial charge in [0, 0.05) is 5.56 Å². The number of hydrogen-bond acceptors (Lipinski definition) is 4. The minimum Gasteiger partial charge on any atom is -0.483 e. The number of fused-ring (bicyclic) bond motifs is 3. The Hall–Kier alpha value is -3.15. The van der Waals surface area contributed by atoms with Gasteiger partial charge >= 0.3 is 5.63 Å². The third-order valence-electron chi connectivity index (χ3n) is 4.69. The lowest BCUT2D eigenvalue weighted by Crippen LogP contribution is -2.21. The molecule has 138 valence electrons. The fourth-order valence-electron chi connectivity index (χ4n) is 3.51. The Morgan fingerprint density at radius 3 is 2.81 bits per heavy atom. The van der Waals surface area contributed by atoms with E-state index in [1.54, 1.807) is 18.2 Å². The van der Waals surface area contributed by atoms with E-state index in [1.165, 1.54) is 12.1 Å².